The minimum Gasteiger partial charge on any atom is -0.382 e. The molecule has 0 aliphatic carbocycles. The van der Waals surface area contributed by atoms with E-state index in [1.807, 2.05) is 0 Å². The lowest BCUT2D eigenvalue weighted by Gasteiger charge is -2.14. The molecule has 0 aliphatic heterocycles. The van der Waals surface area contributed by atoms with Crippen LogP contribution in [0.2, 0.25) is 0 Å². The van der Waals surface area contributed by atoms with Gasteiger partial charge in [-0.2, -0.15) is 0 Å². The molecule has 1 unspecified atom stereocenters. The summed E-state index contributed by atoms with van der Waals surface area (Å²) in [4.78, 5) is 0. The molecule has 0 aromatic heterocycles. The maximum absolute atomic E-state index is 5.88. The normalized spacial score (nSPS) is 13.6. The van der Waals surface area contributed by atoms with E-state index in [1.165, 1.54) is 0 Å². The van der Waals surface area contributed by atoms with Gasteiger partial charge in [-0.3, -0.25) is 0 Å². The second-order valence-electron chi connectivity index (χ2n) is 3.66. The number of ether oxygens (including phenoxy) is 2. The molecule has 0 radical (unpaired) electrons. The van der Waals surface area contributed by atoms with Crippen LogP contribution >= 0.6 is 0 Å². The van der Waals surface area contributed by atoms with Crippen LogP contribution in [0.15, 0.2) is 0 Å². The summed E-state index contributed by atoms with van der Waals surface area (Å²) in [7, 11) is 1.68. The van der Waals surface area contributed by atoms with Gasteiger partial charge >= 0.3 is 0 Å². The third kappa shape index (κ3) is 8.22. The van der Waals surface area contributed by atoms with Crippen molar-refractivity contribution < 1.29 is 9.47 Å². The monoisotopic (exact) mass is 189 g/mol. The van der Waals surface area contributed by atoms with Gasteiger partial charge in [0.1, 0.15) is 0 Å². The first-order valence-corrected chi connectivity index (χ1v) is 5.00. The SMILES string of the molecule is COCCOCCCC(N)C(C)C. The highest BCUT2D eigenvalue weighted by atomic mass is 16.5. The summed E-state index contributed by atoms with van der Waals surface area (Å²) >= 11 is 0. The van der Waals surface area contributed by atoms with E-state index in [0.29, 0.717) is 25.2 Å². The summed E-state index contributed by atoms with van der Waals surface area (Å²) in [6, 6.07) is 0.311. The Labute approximate surface area is 81.6 Å². The Morgan fingerprint density at radius 1 is 1.15 bits per heavy atom. The third-order valence-electron chi connectivity index (χ3n) is 2.11. The predicted octanol–water partition coefficient (Wildman–Crippen LogP) is 1.41. The Kier molecular flexibility index (Phi) is 8.40. The molecule has 0 spiro atoms. The Morgan fingerprint density at radius 3 is 2.38 bits per heavy atom. The van der Waals surface area contributed by atoms with Crippen LogP contribution in [0.1, 0.15) is 26.7 Å². The zero-order valence-corrected chi connectivity index (χ0v) is 9.08. The molecule has 80 valence electrons. The molecule has 0 saturated heterocycles. The highest BCUT2D eigenvalue weighted by Crippen LogP contribution is 2.05. The van der Waals surface area contributed by atoms with E-state index in [4.69, 9.17) is 15.2 Å². The maximum atomic E-state index is 5.88. The van der Waals surface area contributed by atoms with Crippen LogP contribution in [-0.4, -0.2) is 33.0 Å². The summed E-state index contributed by atoms with van der Waals surface area (Å²) in [5.74, 6) is 0.568. The van der Waals surface area contributed by atoms with Gasteiger partial charge in [0.15, 0.2) is 0 Å². The largest absolute Gasteiger partial charge is 0.382 e. The molecular weight excluding hydrogens is 166 g/mol. The van der Waals surface area contributed by atoms with E-state index in [-0.39, 0.29) is 0 Å². The van der Waals surface area contributed by atoms with Crippen molar-refractivity contribution in [1.29, 1.82) is 0 Å². The number of nitrogens with two attached hydrogens (primary N) is 1. The number of methoxy groups -OCH3 is 1. The van der Waals surface area contributed by atoms with Gasteiger partial charge in [0.25, 0.3) is 0 Å². The summed E-state index contributed by atoms with van der Waals surface area (Å²) in [6.07, 6.45) is 2.09. The highest BCUT2D eigenvalue weighted by molar-refractivity contribution is 4.64. The van der Waals surface area contributed by atoms with Gasteiger partial charge in [0.2, 0.25) is 0 Å². The minimum atomic E-state index is 0.311. The Balaban J connectivity index is 3.07. The fourth-order valence-corrected chi connectivity index (χ4v) is 0.999. The van der Waals surface area contributed by atoms with E-state index in [2.05, 4.69) is 13.8 Å². The van der Waals surface area contributed by atoms with E-state index in [9.17, 15) is 0 Å². The van der Waals surface area contributed by atoms with Crippen molar-refractivity contribution in [3.8, 4) is 0 Å². The lowest BCUT2D eigenvalue weighted by atomic mass is 10.0. The Morgan fingerprint density at radius 2 is 1.85 bits per heavy atom. The van der Waals surface area contributed by atoms with Crippen LogP contribution in [0.4, 0.5) is 0 Å². The first-order valence-electron chi connectivity index (χ1n) is 5.00. The fraction of sp³-hybridized carbons (Fsp3) is 1.00. The molecule has 13 heavy (non-hydrogen) atoms. The van der Waals surface area contributed by atoms with Crippen LogP contribution in [0.5, 0.6) is 0 Å². The molecule has 0 rings (SSSR count). The van der Waals surface area contributed by atoms with Crippen molar-refractivity contribution in [2.75, 3.05) is 26.9 Å². The standard InChI is InChI=1S/C10H23NO2/c1-9(2)10(11)5-4-6-13-8-7-12-3/h9-10H,4-8,11H2,1-3H3. The van der Waals surface area contributed by atoms with Gasteiger partial charge in [-0.1, -0.05) is 13.8 Å². The molecule has 1 atom stereocenters. The quantitative estimate of drug-likeness (QED) is 0.587. The second-order valence-corrected chi connectivity index (χ2v) is 3.66. The smallest absolute Gasteiger partial charge is 0.0700 e. The zero-order chi connectivity index (χ0) is 10.1. The maximum Gasteiger partial charge on any atom is 0.0700 e. The molecule has 0 fully saturated rings. The van der Waals surface area contributed by atoms with Gasteiger partial charge in [0.05, 0.1) is 13.2 Å². The molecule has 0 aromatic carbocycles. The molecule has 3 nitrogen and oxygen atoms in total. The first-order chi connectivity index (χ1) is 6.18. The molecule has 0 saturated carbocycles. The van der Waals surface area contributed by atoms with E-state index in [0.717, 1.165) is 19.4 Å². The molecular formula is C10H23NO2. The summed E-state index contributed by atoms with van der Waals surface area (Å²) in [5, 5.41) is 0. The first kappa shape index (κ1) is 12.9. The van der Waals surface area contributed by atoms with Gasteiger partial charge in [-0.15, -0.1) is 0 Å². The van der Waals surface area contributed by atoms with Crippen LogP contribution in [0.3, 0.4) is 0 Å². The van der Waals surface area contributed by atoms with Crippen molar-refractivity contribution in [3.63, 3.8) is 0 Å². The van der Waals surface area contributed by atoms with E-state index < -0.39 is 0 Å². The fourth-order valence-electron chi connectivity index (χ4n) is 0.999. The minimum absolute atomic E-state index is 0.311. The van der Waals surface area contributed by atoms with Crippen molar-refractivity contribution in [3.05, 3.63) is 0 Å². The van der Waals surface area contributed by atoms with Crippen molar-refractivity contribution in [1.82, 2.24) is 0 Å². The number of hydrogen-bond acceptors (Lipinski definition) is 3. The molecule has 0 aromatic rings. The average Bonchev–Trinajstić information content (AvgIpc) is 2.10. The molecule has 2 N–H and O–H groups in total. The average molecular weight is 189 g/mol. The predicted molar refractivity (Wildman–Crippen MR) is 54.7 cm³/mol. The third-order valence-corrected chi connectivity index (χ3v) is 2.11. The van der Waals surface area contributed by atoms with Crippen LogP contribution < -0.4 is 5.73 Å². The topological polar surface area (TPSA) is 44.5 Å². The zero-order valence-electron chi connectivity index (χ0n) is 9.08. The summed E-state index contributed by atoms with van der Waals surface area (Å²) < 4.78 is 10.2. The Bertz CT molecular complexity index is 107. The lowest BCUT2D eigenvalue weighted by molar-refractivity contribution is 0.0677. The van der Waals surface area contributed by atoms with Crippen molar-refractivity contribution in [2.45, 2.75) is 32.7 Å². The molecule has 0 heterocycles. The van der Waals surface area contributed by atoms with Crippen molar-refractivity contribution >= 4 is 0 Å². The molecule has 3 heteroatoms. The van der Waals surface area contributed by atoms with Crippen molar-refractivity contribution in [2.24, 2.45) is 11.7 Å². The Hall–Kier alpha value is -0.120. The molecule has 0 amide bonds. The molecule has 0 bridgehead atoms. The van der Waals surface area contributed by atoms with Gasteiger partial charge < -0.3 is 15.2 Å². The van der Waals surface area contributed by atoms with E-state index in [1.54, 1.807) is 7.11 Å². The van der Waals surface area contributed by atoms with Gasteiger partial charge in [-0.25, -0.2) is 0 Å². The number of hydrogen-bond donors (Lipinski definition) is 1. The van der Waals surface area contributed by atoms with Crippen LogP contribution in [0.25, 0.3) is 0 Å². The molecule has 0 aliphatic rings. The van der Waals surface area contributed by atoms with Gasteiger partial charge in [0, 0.05) is 19.8 Å². The van der Waals surface area contributed by atoms with Gasteiger partial charge in [-0.05, 0) is 18.8 Å². The summed E-state index contributed by atoms with van der Waals surface area (Å²) in [5.41, 5.74) is 5.88. The van der Waals surface area contributed by atoms with Crippen LogP contribution in [-0.2, 0) is 9.47 Å². The summed E-state index contributed by atoms with van der Waals surface area (Å²) in [6.45, 7) is 6.46. The highest BCUT2D eigenvalue weighted by Gasteiger charge is 2.06. The lowest BCUT2D eigenvalue weighted by Crippen LogP contribution is -2.26. The van der Waals surface area contributed by atoms with Crippen LogP contribution in [0, 0.1) is 5.92 Å². The second kappa shape index (κ2) is 8.48. The van der Waals surface area contributed by atoms with E-state index >= 15 is 0 Å². The number of rotatable bonds is 8.